The number of rotatable bonds is 3. The van der Waals surface area contributed by atoms with Crippen LogP contribution in [0.2, 0.25) is 0 Å². The number of carbonyl (C=O) groups excluding carboxylic acids is 2. The first-order valence-corrected chi connectivity index (χ1v) is 8.15. The lowest BCUT2D eigenvalue weighted by Crippen LogP contribution is -2.47. The molecule has 0 atom stereocenters. The van der Waals surface area contributed by atoms with Gasteiger partial charge in [0.05, 0.1) is 17.9 Å². The van der Waals surface area contributed by atoms with Crippen molar-refractivity contribution in [3.05, 3.63) is 41.5 Å². The highest BCUT2D eigenvalue weighted by atomic mass is 16.6. The Morgan fingerprint density at radius 3 is 2.42 bits per heavy atom. The van der Waals surface area contributed by atoms with Gasteiger partial charge in [0.1, 0.15) is 0 Å². The molecule has 0 saturated heterocycles. The monoisotopic (exact) mass is 332 g/mol. The molecule has 0 heterocycles. The van der Waals surface area contributed by atoms with E-state index in [1.165, 1.54) is 0 Å². The Morgan fingerprint density at radius 2 is 1.75 bits per heavy atom. The molecule has 6 nitrogen and oxygen atoms in total. The number of nitrogens with zero attached hydrogens (tertiary/aromatic N) is 1. The predicted molar refractivity (Wildman–Crippen MR) is 90.9 cm³/mol. The fraction of sp³-hybridized carbons (Fsp3) is 0.444. The minimum Gasteiger partial charge on any atom is -0.446 e. The summed E-state index contributed by atoms with van der Waals surface area (Å²) in [5, 5.41) is 1.13. The van der Waals surface area contributed by atoms with Gasteiger partial charge in [-0.1, -0.05) is 30.3 Å². The number of hydrogen-bond acceptors (Lipinski definition) is 4. The Morgan fingerprint density at radius 1 is 1.08 bits per heavy atom. The van der Waals surface area contributed by atoms with Crippen molar-refractivity contribution in [1.82, 2.24) is 10.4 Å². The van der Waals surface area contributed by atoms with Crippen LogP contribution in [0.5, 0.6) is 0 Å². The normalized spacial score (nSPS) is 13.2. The van der Waals surface area contributed by atoms with Gasteiger partial charge in [-0.15, -0.1) is 0 Å². The van der Waals surface area contributed by atoms with Gasteiger partial charge in [0.25, 0.3) is 0 Å². The van der Waals surface area contributed by atoms with Crippen molar-refractivity contribution in [1.29, 1.82) is 0 Å². The van der Waals surface area contributed by atoms with Gasteiger partial charge in [0.2, 0.25) is 0 Å². The molecule has 2 rings (SSSR count). The second-order valence-electron chi connectivity index (χ2n) is 6.12. The Labute approximate surface area is 142 Å². The first-order valence-electron chi connectivity index (χ1n) is 8.15. The molecule has 1 N–H and O–H groups in total. The van der Waals surface area contributed by atoms with Crippen molar-refractivity contribution in [2.24, 2.45) is 0 Å². The second-order valence-corrected chi connectivity index (χ2v) is 6.12. The maximum Gasteiger partial charge on any atom is 0.433 e. The number of fused-ring (bicyclic) bond motifs is 1. The maximum absolute atomic E-state index is 12.5. The zero-order chi connectivity index (χ0) is 17.7. The van der Waals surface area contributed by atoms with Gasteiger partial charge in [-0.2, -0.15) is 5.01 Å². The smallest absolute Gasteiger partial charge is 0.433 e. The molecular formula is C18H24N2O4. The molecule has 0 aromatic heterocycles. The average molecular weight is 332 g/mol. The number of benzene rings is 1. The number of carbonyl (C=O) groups is 2. The number of allylic oxidation sites excluding steroid dienone is 1. The third-order valence-electron chi connectivity index (χ3n) is 3.35. The van der Waals surface area contributed by atoms with Crippen LogP contribution in [0.15, 0.2) is 30.3 Å². The van der Waals surface area contributed by atoms with Crippen LogP contribution in [0.3, 0.4) is 0 Å². The Hall–Kier alpha value is -2.50. The number of aryl methyl sites for hydroxylation is 1. The molecule has 0 unspecified atom stereocenters. The summed E-state index contributed by atoms with van der Waals surface area (Å²) in [5.41, 5.74) is 5.11. The van der Waals surface area contributed by atoms with E-state index in [0.29, 0.717) is 5.70 Å². The van der Waals surface area contributed by atoms with E-state index in [4.69, 9.17) is 9.47 Å². The molecule has 1 aromatic rings. The van der Waals surface area contributed by atoms with E-state index in [-0.39, 0.29) is 12.2 Å². The molecular weight excluding hydrogens is 308 g/mol. The van der Waals surface area contributed by atoms with Crippen LogP contribution in [0.1, 0.15) is 45.2 Å². The number of amides is 2. The van der Waals surface area contributed by atoms with Crippen LogP contribution < -0.4 is 5.43 Å². The largest absolute Gasteiger partial charge is 0.446 e. The average Bonchev–Trinajstić information content (AvgIpc) is 2.50. The van der Waals surface area contributed by atoms with E-state index in [2.05, 4.69) is 5.43 Å². The van der Waals surface area contributed by atoms with Crippen LogP contribution in [0.25, 0.3) is 5.70 Å². The standard InChI is InChI=1S/C18H24N2O4/c1-12(2)23-17(21)19-20(18(22)24-13(3)4)16-11-7-9-14-8-5-6-10-15(14)16/h5-6,8,10-13H,7,9H2,1-4H3,(H,19,21). The molecule has 0 fully saturated rings. The number of nitrogens with one attached hydrogen (secondary N) is 1. The highest BCUT2D eigenvalue weighted by Crippen LogP contribution is 2.28. The zero-order valence-electron chi connectivity index (χ0n) is 14.5. The van der Waals surface area contributed by atoms with E-state index in [1.54, 1.807) is 27.7 Å². The molecule has 1 aliphatic carbocycles. The van der Waals surface area contributed by atoms with Gasteiger partial charge in [0, 0.05) is 5.56 Å². The van der Waals surface area contributed by atoms with Crippen LogP contribution >= 0.6 is 0 Å². The molecule has 0 radical (unpaired) electrons. The summed E-state index contributed by atoms with van der Waals surface area (Å²) >= 11 is 0. The summed E-state index contributed by atoms with van der Waals surface area (Å²) in [6.45, 7) is 6.99. The Bertz CT molecular complexity index is 638. The molecule has 0 bridgehead atoms. The molecule has 6 heteroatoms. The van der Waals surface area contributed by atoms with E-state index < -0.39 is 12.2 Å². The fourth-order valence-electron chi connectivity index (χ4n) is 2.46. The van der Waals surface area contributed by atoms with Crippen molar-refractivity contribution in [2.45, 2.75) is 52.7 Å². The van der Waals surface area contributed by atoms with Crippen molar-refractivity contribution in [3.8, 4) is 0 Å². The third-order valence-corrected chi connectivity index (χ3v) is 3.35. The van der Waals surface area contributed by atoms with Crippen LogP contribution in [0.4, 0.5) is 9.59 Å². The van der Waals surface area contributed by atoms with Crippen LogP contribution in [0, 0.1) is 0 Å². The van der Waals surface area contributed by atoms with Gasteiger partial charge < -0.3 is 9.47 Å². The summed E-state index contributed by atoms with van der Waals surface area (Å²) in [6.07, 6.45) is 1.65. The lowest BCUT2D eigenvalue weighted by Gasteiger charge is -2.29. The van der Waals surface area contributed by atoms with Gasteiger partial charge in [-0.3, -0.25) is 0 Å². The predicted octanol–water partition coefficient (Wildman–Crippen LogP) is 3.87. The first-order chi connectivity index (χ1) is 11.4. The van der Waals surface area contributed by atoms with E-state index in [0.717, 1.165) is 29.0 Å². The van der Waals surface area contributed by atoms with Crippen LogP contribution in [-0.4, -0.2) is 29.4 Å². The number of hydrogen-bond donors (Lipinski definition) is 1. The molecule has 1 aromatic carbocycles. The SMILES string of the molecule is CC(C)OC(=O)NN(C(=O)OC(C)C)C1=CCCc2ccccc21. The zero-order valence-corrected chi connectivity index (χ0v) is 14.5. The van der Waals surface area contributed by atoms with E-state index in [1.807, 2.05) is 30.3 Å². The molecule has 0 saturated carbocycles. The van der Waals surface area contributed by atoms with Gasteiger partial charge in [0.15, 0.2) is 0 Å². The molecule has 1 aliphatic rings. The van der Waals surface area contributed by atoms with Crippen molar-refractivity contribution in [2.75, 3.05) is 0 Å². The maximum atomic E-state index is 12.5. The molecule has 24 heavy (non-hydrogen) atoms. The highest BCUT2D eigenvalue weighted by molar-refractivity contribution is 5.86. The quantitative estimate of drug-likeness (QED) is 0.853. The number of ether oxygens (including phenoxy) is 2. The second kappa shape index (κ2) is 7.86. The molecule has 0 aliphatic heterocycles. The lowest BCUT2D eigenvalue weighted by molar-refractivity contribution is 0.0652. The van der Waals surface area contributed by atoms with Crippen molar-refractivity contribution in [3.63, 3.8) is 0 Å². The Kier molecular flexibility index (Phi) is 5.84. The van der Waals surface area contributed by atoms with Gasteiger partial charge >= 0.3 is 12.2 Å². The molecule has 130 valence electrons. The van der Waals surface area contributed by atoms with E-state index in [9.17, 15) is 9.59 Å². The summed E-state index contributed by atoms with van der Waals surface area (Å²) in [7, 11) is 0. The highest BCUT2D eigenvalue weighted by Gasteiger charge is 2.27. The third kappa shape index (κ3) is 4.50. The van der Waals surface area contributed by atoms with Gasteiger partial charge in [-0.25, -0.2) is 15.0 Å². The number of hydrazine groups is 1. The Balaban J connectivity index is 2.30. The minimum absolute atomic E-state index is 0.291. The fourth-order valence-corrected chi connectivity index (χ4v) is 2.46. The molecule has 2 amide bonds. The summed E-state index contributed by atoms with van der Waals surface area (Å²) in [4.78, 5) is 24.5. The lowest BCUT2D eigenvalue weighted by atomic mass is 9.94. The summed E-state index contributed by atoms with van der Waals surface area (Å²) in [5.74, 6) is 0. The topological polar surface area (TPSA) is 67.9 Å². The van der Waals surface area contributed by atoms with Gasteiger partial charge in [-0.05, 0) is 46.1 Å². The van der Waals surface area contributed by atoms with Crippen molar-refractivity contribution < 1.29 is 19.1 Å². The first kappa shape index (κ1) is 17.8. The summed E-state index contributed by atoms with van der Waals surface area (Å²) in [6, 6.07) is 7.79. The van der Waals surface area contributed by atoms with Crippen LogP contribution in [-0.2, 0) is 15.9 Å². The van der Waals surface area contributed by atoms with Crippen molar-refractivity contribution >= 4 is 17.9 Å². The minimum atomic E-state index is -0.699. The summed E-state index contributed by atoms with van der Waals surface area (Å²) < 4.78 is 10.4. The van der Waals surface area contributed by atoms with E-state index >= 15 is 0 Å². The molecule has 0 spiro atoms.